The number of carboxylic acid groups (broad SMARTS) is 1. The molecule has 1 atom stereocenters. The summed E-state index contributed by atoms with van der Waals surface area (Å²) in [5.74, 6) is -0.640. The Morgan fingerprint density at radius 1 is 1.14 bits per heavy atom. The number of carbonyl (C=O) groups is 1. The third kappa shape index (κ3) is 2.71. The summed E-state index contributed by atoms with van der Waals surface area (Å²) in [6.45, 7) is 0. The van der Waals surface area contributed by atoms with E-state index in [4.69, 9.17) is 0 Å². The van der Waals surface area contributed by atoms with E-state index in [0.717, 1.165) is 11.1 Å². The summed E-state index contributed by atoms with van der Waals surface area (Å²) in [6, 6.07) is 10.4. The number of anilines is 1. The van der Waals surface area contributed by atoms with Crippen molar-refractivity contribution in [2.45, 2.75) is 12.5 Å². The van der Waals surface area contributed by atoms with Gasteiger partial charge in [0.1, 0.15) is 0 Å². The van der Waals surface area contributed by atoms with Gasteiger partial charge in [-0.2, -0.15) is 0 Å². The van der Waals surface area contributed by atoms with Crippen molar-refractivity contribution in [3.05, 3.63) is 42.0 Å². The van der Waals surface area contributed by atoms with Crippen molar-refractivity contribution < 1.29 is 18.3 Å². The Morgan fingerprint density at radius 3 is 2.48 bits per heavy atom. The third-order valence-corrected chi connectivity index (χ3v) is 5.51. The zero-order valence-corrected chi connectivity index (χ0v) is 12.1. The van der Waals surface area contributed by atoms with Gasteiger partial charge in [-0.1, -0.05) is 24.3 Å². The van der Waals surface area contributed by atoms with Gasteiger partial charge in [0.05, 0.1) is 17.1 Å². The summed E-state index contributed by atoms with van der Waals surface area (Å²) in [6.07, 6.45) is 0.581. The summed E-state index contributed by atoms with van der Waals surface area (Å²) < 4.78 is 23.0. The Hall–Kier alpha value is -2.08. The van der Waals surface area contributed by atoms with Crippen molar-refractivity contribution in [3.63, 3.8) is 0 Å². The first kappa shape index (κ1) is 13.9. The predicted molar refractivity (Wildman–Crippen MR) is 81.6 cm³/mol. The molecule has 1 saturated heterocycles. The zero-order chi connectivity index (χ0) is 15.0. The molecule has 0 spiro atoms. The summed E-state index contributed by atoms with van der Waals surface area (Å²) in [5.41, 5.74) is 1.02. The normalized spacial score (nSPS) is 20.5. The molecule has 1 unspecified atom stereocenters. The Bertz CT molecular complexity index is 814. The van der Waals surface area contributed by atoms with Gasteiger partial charge in [0.15, 0.2) is 9.84 Å². The molecule has 0 saturated carbocycles. The second kappa shape index (κ2) is 5.04. The molecular formula is C15H15NO4S. The molecule has 0 aromatic heterocycles. The molecule has 21 heavy (non-hydrogen) atoms. The number of aromatic carboxylic acids is 1. The van der Waals surface area contributed by atoms with Gasteiger partial charge >= 0.3 is 5.97 Å². The highest BCUT2D eigenvalue weighted by molar-refractivity contribution is 7.91. The van der Waals surface area contributed by atoms with Gasteiger partial charge in [-0.05, 0) is 23.9 Å². The highest BCUT2D eigenvalue weighted by Gasteiger charge is 2.28. The topological polar surface area (TPSA) is 83.5 Å². The van der Waals surface area contributed by atoms with Gasteiger partial charge in [0, 0.05) is 17.1 Å². The maximum absolute atomic E-state index is 11.5. The highest BCUT2D eigenvalue weighted by atomic mass is 32.2. The first-order valence-electron chi connectivity index (χ1n) is 6.68. The zero-order valence-electron chi connectivity index (χ0n) is 11.2. The average molecular weight is 305 g/mol. The number of benzene rings is 2. The van der Waals surface area contributed by atoms with Crippen LogP contribution in [0.4, 0.5) is 5.69 Å². The van der Waals surface area contributed by atoms with E-state index in [1.165, 1.54) is 0 Å². The van der Waals surface area contributed by atoms with Gasteiger partial charge in [-0.3, -0.25) is 0 Å². The number of hydrogen-bond donors (Lipinski definition) is 2. The van der Waals surface area contributed by atoms with Crippen molar-refractivity contribution in [1.82, 2.24) is 0 Å². The minimum Gasteiger partial charge on any atom is -0.478 e. The van der Waals surface area contributed by atoms with Crippen LogP contribution in [0, 0.1) is 0 Å². The molecule has 110 valence electrons. The standard InChI is InChI=1S/C15H15NO4S/c17-15(18)13-5-6-14(12-4-2-1-3-11(12)13)16-10-7-8-21(19,20)9-10/h1-6,10,16H,7-9H2,(H,17,18). The molecule has 3 rings (SSSR count). The summed E-state index contributed by atoms with van der Waals surface area (Å²) in [5, 5.41) is 13.9. The van der Waals surface area contributed by atoms with Gasteiger partial charge in [0.25, 0.3) is 0 Å². The molecule has 1 fully saturated rings. The molecule has 2 aromatic rings. The molecule has 0 amide bonds. The minimum absolute atomic E-state index is 0.117. The van der Waals surface area contributed by atoms with Gasteiger partial charge in [-0.15, -0.1) is 0 Å². The smallest absolute Gasteiger partial charge is 0.336 e. The quantitative estimate of drug-likeness (QED) is 0.907. The van der Waals surface area contributed by atoms with Crippen molar-refractivity contribution in [2.24, 2.45) is 0 Å². The van der Waals surface area contributed by atoms with Crippen LogP contribution in [0.15, 0.2) is 36.4 Å². The van der Waals surface area contributed by atoms with Gasteiger partial charge < -0.3 is 10.4 Å². The fourth-order valence-electron chi connectivity index (χ4n) is 2.74. The number of carboxylic acids is 1. The van der Waals surface area contributed by atoms with Crippen molar-refractivity contribution in [3.8, 4) is 0 Å². The fraction of sp³-hybridized carbons (Fsp3) is 0.267. The Labute approximate surface area is 122 Å². The third-order valence-electron chi connectivity index (χ3n) is 3.75. The molecular weight excluding hydrogens is 290 g/mol. The second-order valence-electron chi connectivity index (χ2n) is 5.26. The van der Waals surface area contributed by atoms with E-state index >= 15 is 0 Å². The molecule has 5 nitrogen and oxygen atoms in total. The molecule has 2 N–H and O–H groups in total. The summed E-state index contributed by atoms with van der Waals surface area (Å²) >= 11 is 0. The number of sulfone groups is 1. The van der Waals surface area contributed by atoms with Crippen LogP contribution in [0.5, 0.6) is 0 Å². The van der Waals surface area contributed by atoms with Crippen molar-refractivity contribution >= 4 is 32.3 Å². The number of hydrogen-bond acceptors (Lipinski definition) is 4. The number of rotatable bonds is 3. The van der Waals surface area contributed by atoms with E-state index < -0.39 is 15.8 Å². The Balaban J connectivity index is 2.01. The summed E-state index contributed by atoms with van der Waals surface area (Å²) in [7, 11) is -2.95. The molecule has 6 heteroatoms. The molecule has 0 radical (unpaired) electrons. The first-order valence-corrected chi connectivity index (χ1v) is 8.50. The summed E-state index contributed by atoms with van der Waals surface area (Å²) in [4.78, 5) is 11.3. The van der Waals surface area contributed by atoms with Crippen LogP contribution in [0.2, 0.25) is 0 Å². The lowest BCUT2D eigenvalue weighted by Crippen LogP contribution is -2.20. The van der Waals surface area contributed by atoms with Crippen molar-refractivity contribution in [1.29, 1.82) is 0 Å². The lowest BCUT2D eigenvalue weighted by molar-refractivity contribution is 0.0699. The van der Waals surface area contributed by atoms with Gasteiger partial charge in [-0.25, -0.2) is 13.2 Å². The second-order valence-corrected chi connectivity index (χ2v) is 7.48. The van der Waals surface area contributed by atoms with Crippen LogP contribution in [0.25, 0.3) is 10.8 Å². The lowest BCUT2D eigenvalue weighted by atomic mass is 10.0. The average Bonchev–Trinajstić information content (AvgIpc) is 2.78. The van der Waals surface area contributed by atoms with E-state index in [9.17, 15) is 18.3 Å². The molecule has 0 aliphatic carbocycles. The maximum atomic E-state index is 11.5. The van der Waals surface area contributed by atoms with Crippen LogP contribution >= 0.6 is 0 Å². The van der Waals surface area contributed by atoms with Crippen molar-refractivity contribution in [2.75, 3.05) is 16.8 Å². The maximum Gasteiger partial charge on any atom is 0.336 e. The van der Waals surface area contributed by atoms with Crippen LogP contribution in [-0.2, 0) is 9.84 Å². The van der Waals surface area contributed by atoms with E-state index in [1.807, 2.05) is 12.1 Å². The first-order chi connectivity index (χ1) is 9.96. The van der Waals surface area contributed by atoms with E-state index in [2.05, 4.69) is 5.32 Å². The van der Waals surface area contributed by atoms with Gasteiger partial charge in [0.2, 0.25) is 0 Å². The van der Waals surface area contributed by atoms with Crippen LogP contribution in [-0.4, -0.2) is 37.0 Å². The van der Waals surface area contributed by atoms with Crippen LogP contribution in [0.3, 0.4) is 0 Å². The molecule has 1 aliphatic rings. The lowest BCUT2D eigenvalue weighted by Gasteiger charge is -2.15. The van der Waals surface area contributed by atoms with E-state index in [1.54, 1.807) is 24.3 Å². The molecule has 1 aliphatic heterocycles. The number of nitrogens with one attached hydrogen (secondary N) is 1. The fourth-order valence-corrected chi connectivity index (χ4v) is 4.41. The molecule has 2 aromatic carbocycles. The Kier molecular flexibility index (Phi) is 3.33. The number of fused-ring (bicyclic) bond motifs is 1. The minimum atomic E-state index is -2.95. The molecule has 0 bridgehead atoms. The highest BCUT2D eigenvalue weighted by Crippen LogP contribution is 2.28. The van der Waals surface area contributed by atoms with E-state index in [-0.39, 0.29) is 23.1 Å². The SMILES string of the molecule is O=C(O)c1ccc(NC2CCS(=O)(=O)C2)c2ccccc12. The van der Waals surface area contributed by atoms with E-state index in [0.29, 0.717) is 11.8 Å². The Morgan fingerprint density at radius 2 is 1.86 bits per heavy atom. The van der Waals surface area contributed by atoms with Crippen LogP contribution in [0.1, 0.15) is 16.8 Å². The van der Waals surface area contributed by atoms with Crippen LogP contribution < -0.4 is 5.32 Å². The largest absolute Gasteiger partial charge is 0.478 e. The predicted octanol–water partition coefficient (Wildman–Crippen LogP) is 2.14. The monoisotopic (exact) mass is 305 g/mol. The molecule has 1 heterocycles.